The number of nitrogens with zero attached hydrogens (tertiary/aromatic N) is 2. The van der Waals surface area contributed by atoms with E-state index < -0.39 is 0 Å². The van der Waals surface area contributed by atoms with Gasteiger partial charge < -0.3 is 5.32 Å². The van der Waals surface area contributed by atoms with Gasteiger partial charge in [0, 0.05) is 31.4 Å². The fourth-order valence-corrected chi connectivity index (χ4v) is 2.21. The summed E-state index contributed by atoms with van der Waals surface area (Å²) in [6.07, 6.45) is 6.32. The summed E-state index contributed by atoms with van der Waals surface area (Å²) >= 11 is 0. The normalized spacial score (nSPS) is 12.6. The Morgan fingerprint density at radius 2 is 1.95 bits per heavy atom. The summed E-state index contributed by atoms with van der Waals surface area (Å²) in [7, 11) is 1.94. The fraction of sp³-hybridized carbons (Fsp3) is 0.438. The van der Waals surface area contributed by atoms with Gasteiger partial charge in [0.05, 0.1) is 6.20 Å². The first-order valence-electron chi connectivity index (χ1n) is 6.98. The molecule has 0 aliphatic carbocycles. The number of hydrogen-bond donors (Lipinski definition) is 1. The van der Waals surface area contributed by atoms with Crippen LogP contribution in [-0.4, -0.2) is 9.78 Å². The van der Waals surface area contributed by atoms with Gasteiger partial charge in [-0.15, -0.1) is 0 Å². The molecule has 0 radical (unpaired) electrons. The summed E-state index contributed by atoms with van der Waals surface area (Å²) in [6.45, 7) is 5.27. The van der Waals surface area contributed by atoms with Gasteiger partial charge in [0.2, 0.25) is 0 Å². The highest BCUT2D eigenvalue weighted by Gasteiger charge is 2.05. The smallest absolute Gasteiger partial charge is 0.0534 e. The van der Waals surface area contributed by atoms with Crippen LogP contribution in [0.2, 0.25) is 0 Å². The highest BCUT2D eigenvalue weighted by Crippen LogP contribution is 2.15. The molecule has 0 amide bonds. The highest BCUT2D eigenvalue weighted by molar-refractivity contribution is 5.25. The van der Waals surface area contributed by atoms with E-state index in [9.17, 15) is 0 Å². The van der Waals surface area contributed by atoms with Crippen molar-refractivity contribution >= 4 is 0 Å². The van der Waals surface area contributed by atoms with Crippen molar-refractivity contribution in [2.45, 2.75) is 39.3 Å². The van der Waals surface area contributed by atoms with Gasteiger partial charge >= 0.3 is 0 Å². The molecule has 1 N–H and O–H groups in total. The lowest BCUT2D eigenvalue weighted by Gasteiger charge is -2.14. The Morgan fingerprint density at radius 1 is 1.21 bits per heavy atom. The van der Waals surface area contributed by atoms with E-state index in [-0.39, 0.29) is 0 Å². The molecule has 19 heavy (non-hydrogen) atoms. The summed E-state index contributed by atoms with van der Waals surface area (Å²) in [5.41, 5.74) is 3.98. The van der Waals surface area contributed by atoms with Crippen molar-refractivity contribution in [2.75, 3.05) is 0 Å². The van der Waals surface area contributed by atoms with Crippen LogP contribution in [0.4, 0.5) is 0 Å². The molecule has 0 aliphatic heterocycles. The van der Waals surface area contributed by atoms with Crippen LogP contribution in [0.25, 0.3) is 0 Å². The van der Waals surface area contributed by atoms with Crippen LogP contribution < -0.4 is 5.32 Å². The molecule has 1 unspecified atom stereocenters. The zero-order valence-electron chi connectivity index (χ0n) is 12.1. The van der Waals surface area contributed by atoms with E-state index in [4.69, 9.17) is 0 Å². The molecule has 0 saturated heterocycles. The van der Waals surface area contributed by atoms with Crippen molar-refractivity contribution in [3.8, 4) is 0 Å². The van der Waals surface area contributed by atoms with Crippen LogP contribution in [0.5, 0.6) is 0 Å². The third-order valence-electron chi connectivity index (χ3n) is 3.39. The molecule has 102 valence electrons. The molecule has 0 fully saturated rings. The molecular weight excluding hydrogens is 234 g/mol. The average Bonchev–Trinajstić information content (AvgIpc) is 2.83. The summed E-state index contributed by atoms with van der Waals surface area (Å²) in [6, 6.07) is 9.29. The molecule has 1 aromatic carbocycles. The summed E-state index contributed by atoms with van der Waals surface area (Å²) in [5.74, 6) is 0. The summed E-state index contributed by atoms with van der Waals surface area (Å²) in [4.78, 5) is 0. The highest BCUT2D eigenvalue weighted by atomic mass is 15.2. The molecule has 3 nitrogen and oxygen atoms in total. The summed E-state index contributed by atoms with van der Waals surface area (Å²) < 4.78 is 1.83. The van der Waals surface area contributed by atoms with E-state index in [2.05, 4.69) is 48.5 Å². The van der Waals surface area contributed by atoms with E-state index in [0.717, 1.165) is 13.0 Å². The summed E-state index contributed by atoms with van der Waals surface area (Å²) in [5, 5.41) is 7.70. The minimum absolute atomic E-state index is 0.357. The Bertz CT molecular complexity index is 499. The number of hydrogen-bond acceptors (Lipinski definition) is 2. The van der Waals surface area contributed by atoms with Crippen LogP contribution in [0.15, 0.2) is 36.7 Å². The maximum Gasteiger partial charge on any atom is 0.0534 e. The zero-order chi connectivity index (χ0) is 13.7. The average molecular weight is 257 g/mol. The Hall–Kier alpha value is -1.61. The van der Waals surface area contributed by atoms with Crippen molar-refractivity contribution < 1.29 is 0 Å². The number of benzene rings is 1. The van der Waals surface area contributed by atoms with E-state index in [0.29, 0.717) is 6.04 Å². The number of nitrogens with one attached hydrogen (secondary N) is 1. The molecule has 1 aromatic heterocycles. The van der Waals surface area contributed by atoms with Crippen molar-refractivity contribution in [1.29, 1.82) is 0 Å². The molecule has 2 aromatic rings. The first-order valence-corrected chi connectivity index (χ1v) is 6.98. The van der Waals surface area contributed by atoms with Crippen molar-refractivity contribution in [3.63, 3.8) is 0 Å². The zero-order valence-corrected chi connectivity index (χ0v) is 12.1. The Morgan fingerprint density at radius 3 is 2.53 bits per heavy atom. The van der Waals surface area contributed by atoms with Gasteiger partial charge in [0.25, 0.3) is 0 Å². The van der Waals surface area contributed by atoms with Crippen LogP contribution in [0, 0.1) is 0 Å². The lowest BCUT2D eigenvalue weighted by Crippen LogP contribution is -2.17. The second-order valence-electron chi connectivity index (χ2n) is 5.12. The molecule has 0 saturated carbocycles. The van der Waals surface area contributed by atoms with Crippen LogP contribution in [0.3, 0.4) is 0 Å². The van der Waals surface area contributed by atoms with Gasteiger partial charge in [-0.3, -0.25) is 4.68 Å². The van der Waals surface area contributed by atoms with Crippen LogP contribution in [0.1, 0.15) is 43.0 Å². The van der Waals surface area contributed by atoms with Gasteiger partial charge in [-0.2, -0.15) is 5.10 Å². The van der Waals surface area contributed by atoms with Gasteiger partial charge in [-0.25, -0.2) is 0 Å². The first-order chi connectivity index (χ1) is 9.19. The van der Waals surface area contributed by atoms with Crippen molar-refractivity contribution in [3.05, 3.63) is 53.3 Å². The molecule has 1 heterocycles. The van der Waals surface area contributed by atoms with Crippen molar-refractivity contribution in [2.24, 2.45) is 7.05 Å². The van der Waals surface area contributed by atoms with E-state index >= 15 is 0 Å². The maximum atomic E-state index is 4.18. The minimum atomic E-state index is 0.357. The monoisotopic (exact) mass is 257 g/mol. The molecule has 0 bridgehead atoms. The second-order valence-corrected chi connectivity index (χ2v) is 5.12. The molecule has 3 heteroatoms. The predicted molar refractivity (Wildman–Crippen MR) is 78.9 cm³/mol. The quantitative estimate of drug-likeness (QED) is 0.861. The van der Waals surface area contributed by atoms with Crippen LogP contribution in [-0.2, 0) is 20.0 Å². The number of aryl methyl sites for hydroxylation is 2. The molecule has 0 aliphatic rings. The van der Waals surface area contributed by atoms with Gasteiger partial charge in [0.1, 0.15) is 0 Å². The van der Waals surface area contributed by atoms with Gasteiger partial charge in [-0.1, -0.05) is 37.6 Å². The number of rotatable bonds is 6. The van der Waals surface area contributed by atoms with E-state index in [1.165, 1.54) is 23.1 Å². The fourth-order valence-electron chi connectivity index (χ4n) is 2.21. The SMILES string of the molecule is CCCc1ccc(C(C)NCc2cnn(C)c2)cc1. The molecule has 1 atom stereocenters. The lowest BCUT2D eigenvalue weighted by atomic mass is 10.0. The largest absolute Gasteiger partial charge is 0.306 e. The predicted octanol–water partition coefficient (Wildman–Crippen LogP) is 3.22. The number of aromatic nitrogens is 2. The Balaban J connectivity index is 1.90. The molecule has 0 spiro atoms. The third-order valence-corrected chi connectivity index (χ3v) is 3.39. The second kappa shape index (κ2) is 6.53. The minimum Gasteiger partial charge on any atom is -0.306 e. The van der Waals surface area contributed by atoms with Gasteiger partial charge in [0.15, 0.2) is 0 Å². The van der Waals surface area contributed by atoms with Crippen LogP contribution >= 0.6 is 0 Å². The van der Waals surface area contributed by atoms with E-state index in [1.807, 2.05) is 24.1 Å². The topological polar surface area (TPSA) is 29.9 Å². The van der Waals surface area contributed by atoms with Gasteiger partial charge in [-0.05, 0) is 24.5 Å². The van der Waals surface area contributed by atoms with Crippen molar-refractivity contribution in [1.82, 2.24) is 15.1 Å². The van der Waals surface area contributed by atoms with E-state index in [1.54, 1.807) is 0 Å². The standard InChI is InChI=1S/C16H23N3/c1-4-5-14-6-8-16(9-7-14)13(2)17-10-15-11-18-19(3)12-15/h6-9,11-13,17H,4-5,10H2,1-3H3. The molecular formula is C16H23N3. The third kappa shape index (κ3) is 3.93. The Labute approximate surface area is 115 Å². The first kappa shape index (κ1) is 13.8. The molecule has 2 rings (SSSR count). The lowest BCUT2D eigenvalue weighted by molar-refractivity contribution is 0.574. The Kier molecular flexibility index (Phi) is 4.74. The maximum absolute atomic E-state index is 4.18.